The van der Waals surface area contributed by atoms with Crippen molar-refractivity contribution in [3.8, 4) is 0 Å². The van der Waals surface area contributed by atoms with Gasteiger partial charge in [-0.3, -0.25) is 4.79 Å². The second-order valence-corrected chi connectivity index (χ2v) is 5.95. The van der Waals surface area contributed by atoms with Crippen LogP contribution in [0.2, 0.25) is 0 Å². The fraction of sp³-hybridized carbons (Fsp3) is 0.529. The molecule has 2 N–H and O–H groups in total. The summed E-state index contributed by atoms with van der Waals surface area (Å²) < 4.78 is 2.22. The van der Waals surface area contributed by atoms with E-state index in [0.29, 0.717) is 6.54 Å². The van der Waals surface area contributed by atoms with E-state index in [1.165, 1.54) is 11.9 Å². The normalized spacial score (nSPS) is 18.5. The number of nitrogens with zero attached hydrogens (tertiary/aromatic N) is 2. The van der Waals surface area contributed by atoms with Crippen molar-refractivity contribution in [2.45, 2.75) is 45.2 Å². The molecule has 1 unspecified atom stereocenters. The summed E-state index contributed by atoms with van der Waals surface area (Å²) in [5.74, 6) is 1.17. The van der Waals surface area contributed by atoms with Crippen molar-refractivity contribution < 1.29 is 4.79 Å². The van der Waals surface area contributed by atoms with Gasteiger partial charge in [0.05, 0.1) is 17.1 Å². The molecule has 0 bridgehead atoms. The lowest BCUT2D eigenvalue weighted by Gasteiger charge is -2.22. The molecule has 5 heteroatoms. The van der Waals surface area contributed by atoms with Crippen molar-refractivity contribution in [3.63, 3.8) is 0 Å². The zero-order chi connectivity index (χ0) is 15.4. The highest BCUT2D eigenvalue weighted by Gasteiger charge is 2.19. The van der Waals surface area contributed by atoms with Gasteiger partial charge >= 0.3 is 0 Å². The Morgan fingerprint density at radius 1 is 1.41 bits per heavy atom. The molecule has 0 spiro atoms. The minimum absolute atomic E-state index is 0.00422. The van der Waals surface area contributed by atoms with Crippen molar-refractivity contribution in [3.05, 3.63) is 30.1 Å². The summed E-state index contributed by atoms with van der Waals surface area (Å²) in [5.41, 5.74) is 2.20. The number of carbonyl (C=O) groups excluding carboxylic acids is 1. The van der Waals surface area contributed by atoms with E-state index >= 15 is 0 Å². The molecule has 22 heavy (non-hydrogen) atoms. The quantitative estimate of drug-likeness (QED) is 0.830. The van der Waals surface area contributed by atoms with E-state index in [1.807, 2.05) is 25.1 Å². The molecule has 1 aliphatic heterocycles. The molecule has 1 aliphatic rings. The molecular weight excluding hydrogens is 276 g/mol. The smallest absolute Gasteiger partial charge is 0.237 e. The minimum Gasteiger partial charge on any atom is -0.355 e. The third kappa shape index (κ3) is 3.30. The lowest BCUT2D eigenvalue weighted by Crippen LogP contribution is -2.46. The second-order valence-electron chi connectivity index (χ2n) is 5.95. The second kappa shape index (κ2) is 6.92. The van der Waals surface area contributed by atoms with E-state index < -0.39 is 0 Å². The number of para-hydroxylation sites is 2. The number of hydrogen-bond donors (Lipinski definition) is 2. The van der Waals surface area contributed by atoms with Crippen molar-refractivity contribution in [2.24, 2.45) is 0 Å². The first kappa shape index (κ1) is 15.0. The Morgan fingerprint density at radius 3 is 3.09 bits per heavy atom. The molecule has 3 rings (SSSR count). The minimum atomic E-state index is 0.00422. The van der Waals surface area contributed by atoms with Crippen LogP contribution in [0.1, 0.15) is 31.5 Å². The lowest BCUT2D eigenvalue weighted by atomic mass is 10.0. The van der Waals surface area contributed by atoms with Crippen LogP contribution in [0, 0.1) is 6.92 Å². The van der Waals surface area contributed by atoms with Gasteiger partial charge in [-0.1, -0.05) is 18.6 Å². The third-order valence-electron chi connectivity index (χ3n) is 4.33. The summed E-state index contributed by atoms with van der Waals surface area (Å²) in [6, 6.07) is 8.19. The number of aromatic nitrogens is 2. The maximum atomic E-state index is 12.0. The van der Waals surface area contributed by atoms with Gasteiger partial charge in [-0.2, -0.15) is 0 Å². The molecule has 1 fully saturated rings. The molecule has 1 atom stereocenters. The highest BCUT2D eigenvalue weighted by Crippen LogP contribution is 2.15. The van der Waals surface area contributed by atoms with Gasteiger partial charge in [0, 0.05) is 13.1 Å². The molecule has 1 aromatic carbocycles. The van der Waals surface area contributed by atoms with E-state index in [0.717, 1.165) is 43.7 Å². The molecule has 2 aromatic rings. The summed E-state index contributed by atoms with van der Waals surface area (Å²) in [5, 5.41) is 6.33. The number of piperidine rings is 1. The average molecular weight is 300 g/mol. The van der Waals surface area contributed by atoms with Crippen LogP contribution >= 0.6 is 0 Å². The maximum Gasteiger partial charge on any atom is 0.237 e. The van der Waals surface area contributed by atoms with E-state index in [2.05, 4.69) is 26.3 Å². The topological polar surface area (TPSA) is 59.0 Å². The summed E-state index contributed by atoms with van der Waals surface area (Å²) in [6.45, 7) is 4.58. The van der Waals surface area contributed by atoms with Crippen LogP contribution in [0.15, 0.2) is 24.3 Å². The van der Waals surface area contributed by atoms with Crippen LogP contribution in [0.3, 0.4) is 0 Å². The summed E-state index contributed by atoms with van der Waals surface area (Å²) in [4.78, 5) is 16.6. The number of nitrogens with one attached hydrogen (secondary N) is 2. The van der Waals surface area contributed by atoms with Gasteiger partial charge < -0.3 is 15.2 Å². The Hall–Kier alpha value is -1.88. The molecule has 118 valence electrons. The molecule has 1 amide bonds. The van der Waals surface area contributed by atoms with E-state index in [9.17, 15) is 4.79 Å². The van der Waals surface area contributed by atoms with Gasteiger partial charge in [0.25, 0.3) is 0 Å². The first-order valence-corrected chi connectivity index (χ1v) is 8.18. The molecule has 5 nitrogen and oxygen atoms in total. The van der Waals surface area contributed by atoms with Crippen LogP contribution in [-0.2, 0) is 11.3 Å². The summed E-state index contributed by atoms with van der Waals surface area (Å²) in [6.07, 6.45) is 4.19. The molecule has 2 heterocycles. The predicted octanol–water partition coefficient (Wildman–Crippen LogP) is 1.99. The zero-order valence-corrected chi connectivity index (χ0v) is 13.1. The Kier molecular flexibility index (Phi) is 4.73. The first-order chi connectivity index (χ1) is 10.8. The fourth-order valence-corrected chi connectivity index (χ4v) is 3.13. The van der Waals surface area contributed by atoms with Crippen LogP contribution in [0.5, 0.6) is 0 Å². The molecule has 0 aliphatic carbocycles. The largest absolute Gasteiger partial charge is 0.355 e. The summed E-state index contributed by atoms with van der Waals surface area (Å²) in [7, 11) is 0. The van der Waals surface area contributed by atoms with Gasteiger partial charge in [0.1, 0.15) is 5.82 Å². The number of benzene rings is 1. The van der Waals surface area contributed by atoms with Crippen molar-refractivity contribution in [2.75, 3.05) is 13.1 Å². The zero-order valence-electron chi connectivity index (χ0n) is 13.1. The van der Waals surface area contributed by atoms with Gasteiger partial charge in [-0.15, -0.1) is 0 Å². The van der Waals surface area contributed by atoms with Crippen LogP contribution in [0.25, 0.3) is 11.0 Å². The number of hydrogen-bond acceptors (Lipinski definition) is 3. The molecule has 1 saturated heterocycles. The van der Waals surface area contributed by atoms with Gasteiger partial charge in [-0.25, -0.2) is 4.98 Å². The number of aryl methyl sites for hydroxylation is 2. The van der Waals surface area contributed by atoms with Crippen molar-refractivity contribution in [1.82, 2.24) is 20.2 Å². The van der Waals surface area contributed by atoms with Gasteiger partial charge in [0.2, 0.25) is 5.91 Å². The molecule has 1 aromatic heterocycles. The number of amides is 1. The van der Waals surface area contributed by atoms with Gasteiger partial charge in [0.15, 0.2) is 0 Å². The van der Waals surface area contributed by atoms with Crippen LogP contribution in [0.4, 0.5) is 0 Å². The molecular formula is C17H24N4O. The number of fused-ring (bicyclic) bond motifs is 1. The lowest BCUT2D eigenvalue weighted by molar-refractivity contribution is -0.123. The van der Waals surface area contributed by atoms with E-state index in [1.54, 1.807) is 0 Å². The number of carbonyl (C=O) groups is 1. The predicted molar refractivity (Wildman–Crippen MR) is 87.7 cm³/mol. The number of rotatable bonds is 5. The highest BCUT2D eigenvalue weighted by atomic mass is 16.2. The highest BCUT2D eigenvalue weighted by molar-refractivity contribution is 5.81. The third-order valence-corrected chi connectivity index (χ3v) is 4.33. The van der Waals surface area contributed by atoms with Gasteiger partial charge in [-0.05, 0) is 44.9 Å². The monoisotopic (exact) mass is 300 g/mol. The van der Waals surface area contributed by atoms with E-state index in [4.69, 9.17) is 0 Å². The average Bonchev–Trinajstić information content (AvgIpc) is 2.88. The van der Waals surface area contributed by atoms with Crippen molar-refractivity contribution >= 4 is 16.9 Å². The Morgan fingerprint density at radius 2 is 2.27 bits per heavy atom. The van der Waals surface area contributed by atoms with E-state index in [-0.39, 0.29) is 11.9 Å². The van der Waals surface area contributed by atoms with Crippen LogP contribution < -0.4 is 10.6 Å². The van der Waals surface area contributed by atoms with Crippen LogP contribution in [-0.4, -0.2) is 34.6 Å². The first-order valence-electron chi connectivity index (χ1n) is 8.18. The Labute approximate surface area is 131 Å². The number of imidazole rings is 1. The summed E-state index contributed by atoms with van der Waals surface area (Å²) >= 11 is 0. The Bertz CT molecular complexity index is 643. The SMILES string of the molecule is Cc1nc2ccccc2n1CCCNC(=O)C1CCCCN1. The maximum absolute atomic E-state index is 12.0. The molecule has 0 saturated carbocycles. The standard InChI is InChI=1S/C17H24N4O/c1-13-20-14-7-2-3-9-16(14)21(13)12-6-11-19-17(22)15-8-4-5-10-18-15/h2-3,7,9,15,18H,4-6,8,10-12H2,1H3,(H,19,22). The fourth-order valence-electron chi connectivity index (χ4n) is 3.13. The molecule has 0 radical (unpaired) electrons. The van der Waals surface area contributed by atoms with Crippen molar-refractivity contribution in [1.29, 1.82) is 0 Å². The Balaban J connectivity index is 1.50.